The van der Waals surface area contributed by atoms with Gasteiger partial charge in [0.05, 0.1) is 29.3 Å². The van der Waals surface area contributed by atoms with Crippen LogP contribution in [0.5, 0.6) is 0 Å². The molecule has 7 nitrogen and oxygen atoms in total. The van der Waals surface area contributed by atoms with E-state index < -0.39 is 0 Å². The highest BCUT2D eigenvalue weighted by molar-refractivity contribution is 6.31. The predicted molar refractivity (Wildman–Crippen MR) is 102 cm³/mol. The SMILES string of the molecule is Cn1c(Cn2cnc3c(cnn3C(C)(C)C)c2=O)nc2cc(Cl)ccc21. The molecule has 134 valence electrons. The third kappa shape index (κ3) is 2.59. The molecule has 0 amide bonds. The van der Waals surface area contributed by atoms with E-state index in [0.29, 0.717) is 22.6 Å². The van der Waals surface area contributed by atoms with Gasteiger partial charge in [-0.2, -0.15) is 5.10 Å². The van der Waals surface area contributed by atoms with Crippen molar-refractivity contribution in [2.75, 3.05) is 0 Å². The van der Waals surface area contributed by atoms with Crippen LogP contribution in [0.25, 0.3) is 22.1 Å². The molecule has 0 unspecified atom stereocenters. The molecule has 8 heteroatoms. The van der Waals surface area contributed by atoms with Crippen molar-refractivity contribution in [1.82, 2.24) is 28.9 Å². The van der Waals surface area contributed by atoms with Crippen LogP contribution in [-0.2, 0) is 19.1 Å². The number of benzene rings is 1. The van der Waals surface area contributed by atoms with Crippen molar-refractivity contribution in [2.24, 2.45) is 7.05 Å². The maximum Gasteiger partial charge on any atom is 0.264 e. The van der Waals surface area contributed by atoms with E-state index >= 15 is 0 Å². The molecular weight excluding hydrogens is 352 g/mol. The summed E-state index contributed by atoms with van der Waals surface area (Å²) in [6.45, 7) is 6.40. The minimum absolute atomic E-state index is 0.129. The van der Waals surface area contributed by atoms with Crippen LogP contribution < -0.4 is 5.56 Å². The van der Waals surface area contributed by atoms with Gasteiger partial charge in [0.2, 0.25) is 0 Å². The zero-order valence-corrected chi connectivity index (χ0v) is 15.8. The van der Waals surface area contributed by atoms with Crippen LogP contribution in [0.1, 0.15) is 26.6 Å². The second-order valence-corrected chi connectivity index (χ2v) is 7.80. The van der Waals surface area contributed by atoms with Crippen molar-refractivity contribution >= 4 is 33.7 Å². The first-order valence-electron chi connectivity index (χ1n) is 8.30. The lowest BCUT2D eigenvalue weighted by atomic mass is 10.1. The van der Waals surface area contributed by atoms with Crippen LogP contribution >= 0.6 is 11.6 Å². The van der Waals surface area contributed by atoms with Gasteiger partial charge in [-0.05, 0) is 39.0 Å². The number of hydrogen-bond donors (Lipinski definition) is 0. The third-order valence-electron chi connectivity index (χ3n) is 4.44. The predicted octanol–water partition coefficient (Wildman–Crippen LogP) is 2.94. The fourth-order valence-electron chi connectivity index (χ4n) is 3.07. The highest BCUT2D eigenvalue weighted by Crippen LogP contribution is 2.20. The topological polar surface area (TPSA) is 70.5 Å². The molecule has 26 heavy (non-hydrogen) atoms. The van der Waals surface area contributed by atoms with Crippen molar-refractivity contribution in [3.05, 3.63) is 51.9 Å². The summed E-state index contributed by atoms with van der Waals surface area (Å²) in [4.78, 5) is 21.9. The molecule has 0 aliphatic heterocycles. The van der Waals surface area contributed by atoms with E-state index in [9.17, 15) is 4.79 Å². The molecule has 0 fully saturated rings. The Labute approximate surface area is 154 Å². The molecule has 0 saturated carbocycles. The molecule has 0 bridgehead atoms. The molecule has 3 aromatic heterocycles. The van der Waals surface area contributed by atoms with Crippen molar-refractivity contribution in [3.8, 4) is 0 Å². The Morgan fingerprint density at radius 2 is 2.00 bits per heavy atom. The summed E-state index contributed by atoms with van der Waals surface area (Å²) in [6, 6.07) is 5.57. The molecule has 1 aromatic carbocycles. The van der Waals surface area contributed by atoms with Gasteiger partial charge in [-0.3, -0.25) is 9.36 Å². The molecule has 0 spiro atoms. The Morgan fingerprint density at radius 3 is 2.73 bits per heavy atom. The van der Waals surface area contributed by atoms with Crippen LogP contribution in [-0.4, -0.2) is 28.9 Å². The Balaban J connectivity index is 1.80. The first-order chi connectivity index (χ1) is 12.3. The van der Waals surface area contributed by atoms with E-state index in [1.807, 2.05) is 50.6 Å². The molecule has 4 aromatic rings. The quantitative estimate of drug-likeness (QED) is 0.544. The molecule has 0 aliphatic carbocycles. The van der Waals surface area contributed by atoms with E-state index in [1.165, 1.54) is 0 Å². The van der Waals surface area contributed by atoms with Gasteiger partial charge in [0.1, 0.15) is 17.5 Å². The highest BCUT2D eigenvalue weighted by atomic mass is 35.5. The monoisotopic (exact) mass is 370 g/mol. The first kappa shape index (κ1) is 16.8. The van der Waals surface area contributed by atoms with Gasteiger partial charge in [-0.25, -0.2) is 14.6 Å². The second kappa shape index (κ2) is 5.67. The van der Waals surface area contributed by atoms with E-state index in [0.717, 1.165) is 16.9 Å². The summed E-state index contributed by atoms with van der Waals surface area (Å²) < 4.78 is 5.28. The van der Waals surface area contributed by atoms with E-state index in [1.54, 1.807) is 21.8 Å². The van der Waals surface area contributed by atoms with Gasteiger partial charge in [-0.1, -0.05) is 11.6 Å². The van der Waals surface area contributed by atoms with Gasteiger partial charge in [0, 0.05) is 12.1 Å². The van der Waals surface area contributed by atoms with Crippen LogP contribution in [0.3, 0.4) is 0 Å². The molecule has 0 N–H and O–H groups in total. The second-order valence-electron chi connectivity index (χ2n) is 7.36. The summed E-state index contributed by atoms with van der Waals surface area (Å²) in [7, 11) is 1.92. The number of hydrogen-bond acceptors (Lipinski definition) is 4. The number of halogens is 1. The molecule has 4 rings (SSSR count). The summed E-state index contributed by atoms with van der Waals surface area (Å²) in [5, 5.41) is 5.48. The first-order valence-corrected chi connectivity index (χ1v) is 8.68. The van der Waals surface area contributed by atoms with Gasteiger partial charge in [0.15, 0.2) is 5.65 Å². The molecule has 3 heterocycles. The van der Waals surface area contributed by atoms with Gasteiger partial charge in [0.25, 0.3) is 5.56 Å². The lowest BCUT2D eigenvalue weighted by Crippen LogP contribution is -2.26. The van der Waals surface area contributed by atoms with Crippen LogP contribution in [0.15, 0.2) is 35.5 Å². The number of rotatable bonds is 2. The van der Waals surface area contributed by atoms with Crippen molar-refractivity contribution in [2.45, 2.75) is 32.9 Å². The average molecular weight is 371 g/mol. The van der Waals surface area contributed by atoms with E-state index in [-0.39, 0.29) is 11.1 Å². The molecule has 0 atom stereocenters. The number of aryl methyl sites for hydroxylation is 1. The molecule has 0 radical (unpaired) electrons. The minimum Gasteiger partial charge on any atom is -0.330 e. The van der Waals surface area contributed by atoms with Crippen molar-refractivity contribution in [1.29, 1.82) is 0 Å². The van der Waals surface area contributed by atoms with E-state index in [4.69, 9.17) is 11.6 Å². The van der Waals surface area contributed by atoms with Crippen molar-refractivity contribution in [3.63, 3.8) is 0 Å². The summed E-state index contributed by atoms with van der Waals surface area (Å²) in [5.41, 5.74) is 1.99. The molecule has 0 saturated heterocycles. The van der Waals surface area contributed by atoms with Crippen molar-refractivity contribution < 1.29 is 0 Å². The van der Waals surface area contributed by atoms with Gasteiger partial charge in [-0.15, -0.1) is 0 Å². The zero-order chi connectivity index (χ0) is 18.6. The lowest BCUT2D eigenvalue weighted by Gasteiger charge is -2.19. The van der Waals surface area contributed by atoms with Gasteiger partial charge >= 0.3 is 0 Å². The fourth-order valence-corrected chi connectivity index (χ4v) is 3.24. The van der Waals surface area contributed by atoms with Crippen LogP contribution in [0, 0.1) is 0 Å². The Hall–Kier alpha value is -2.67. The van der Waals surface area contributed by atoms with Crippen LogP contribution in [0.2, 0.25) is 5.02 Å². The minimum atomic E-state index is -0.246. The highest BCUT2D eigenvalue weighted by Gasteiger charge is 2.20. The standard InChI is InChI=1S/C18H19ClN6O/c1-18(2,3)25-16-12(8-21-25)17(26)24(10-20-16)9-15-22-13-7-11(19)5-6-14(13)23(15)4/h5-8,10H,9H2,1-4H3. The normalized spacial score (nSPS) is 12.3. The number of fused-ring (bicyclic) bond motifs is 2. The number of imidazole rings is 1. The molecular formula is C18H19ClN6O. The smallest absolute Gasteiger partial charge is 0.264 e. The molecule has 0 aliphatic rings. The Kier molecular flexibility index (Phi) is 3.66. The summed E-state index contributed by atoms with van der Waals surface area (Å²) in [6.07, 6.45) is 3.14. The summed E-state index contributed by atoms with van der Waals surface area (Å²) in [5.74, 6) is 0.758. The lowest BCUT2D eigenvalue weighted by molar-refractivity contribution is 0.365. The third-order valence-corrected chi connectivity index (χ3v) is 4.67. The van der Waals surface area contributed by atoms with Crippen LogP contribution in [0.4, 0.5) is 0 Å². The number of nitrogens with zero attached hydrogens (tertiary/aromatic N) is 6. The maximum absolute atomic E-state index is 12.9. The zero-order valence-electron chi connectivity index (χ0n) is 15.1. The largest absolute Gasteiger partial charge is 0.330 e. The van der Waals surface area contributed by atoms with E-state index in [2.05, 4.69) is 15.1 Å². The summed E-state index contributed by atoms with van der Waals surface area (Å²) >= 11 is 6.05. The fraction of sp³-hybridized carbons (Fsp3) is 0.333. The average Bonchev–Trinajstić information content (AvgIpc) is 3.12. The van der Waals surface area contributed by atoms with Gasteiger partial charge < -0.3 is 4.57 Å². The Morgan fingerprint density at radius 1 is 1.23 bits per heavy atom. The maximum atomic E-state index is 12.9. The number of aromatic nitrogens is 6. The Bertz CT molecular complexity index is 1190.